The summed E-state index contributed by atoms with van der Waals surface area (Å²) in [6, 6.07) is 7.92. The van der Waals surface area contributed by atoms with Gasteiger partial charge in [0.1, 0.15) is 12.4 Å². The van der Waals surface area contributed by atoms with Crippen LogP contribution in [-0.4, -0.2) is 42.3 Å². The zero-order chi connectivity index (χ0) is 19.9. The number of aliphatic hydroxyl groups is 1. The maximum Gasteiger partial charge on any atom is 0.302 e. The van der Waals surface area contributed by atoms with Crippen molar-refractivity contribution in [2.45, 2.75) is 72.5 Å². The highest BCUT2D eigenvalue weighted by atomic mass is 16.5. The van der Waals surface area contributed by atoms with Crippen molar-refractivity contribution < 1.29 is 24.2 Å². The Morgan fingerprint density at radius 1 is 1.27 bits per heavy atom. The lowest BCUT2D eigenvalue weighted by Gasteiger charge is -2.10. The van der Waals surface area contributed by atoms with Gasteiger partial charge in [-0.1, -0.05) is 36.8 Å². The molecule has 5 nitrogen and oxygen atoms in total. The van der Waals surface area contributed by atoms with Gasteiger partial charge >= 0.3 is 5.97 Å². The van der Waals surface area contributed by atoms with Crippen molar-refractivity contribution >= 4 is 11.8 Å². The summed E-state index contributed by atoms with van der Waals surface area (Å²) in [5, 5.41) is 9.54. The molecule has 5 heteroatoms. The van der Waals surface area contributed by atoms with E-state index in [2.05, 4.69) is 6.92 Å². The Hall–Kier alpha value is -1.72. The number of Topliss-reactive ketones (excluding diaryl/α,β-unsaturated/α-hetero) is 1. The van der Waals surface area contributed by atoms with Gasteiger partial charge in [-0.3, -0.25) is 4.79 Å². The number of hydrogen-bond acceptors (Lipinski definition) is 5. The topological polar surface area (TPSA) is 72.8 Å². The average molecular weight is 366 g/mol. The fourth-order valence-corrected chi connectivity index (χ4v) is 2.01. The van der Waals surface area contributed by atoms with Crippen LogP contribution < -0.4 is 0 Å². The highest BCUT2D eigenvalue weighted by Crippen LogP contribution is 2.09. The molecule has 0 aromatic heterocycles. The summed E-state index contributed by atoms with van der Waals surface area (Å²) in [6.07, 6.45) is 3.62. The number of hydrogen-bond donors (Lipinski definition) is 1. The largest absolute Gasteiger partial charge is 0.463 e. The molecule has 1 aliphatic rings. The van der Waals surface area contributed by atoms with Gasteiger partial charge in [-0.25, -0.2) is 0 Å². The van der Waals surface area contributed by atoms with Crippen LogP contribution in [0.25, 0.3) is 0 Å². The van der Waals surface area contributed by atoms with Gasteiger partial charge in [0.2, 0.25) is 0 Å². The number of esters is 1. The van der Waals surface area contributed by atoms with Crippen LogP contribution in [0.3, 0.4) is 0 Å². The van der Waals surface area contributed by atoms with Gasteiger partial charge in [-0.2, -0.15) is 0 Å². The molecule has 1 N–H and O–H groups in total. The zero-order valence-corrected chi connectivity index (χ0v) is 16.8. The Balaban J connectivity index is 0.000000464. The van der Waals surface area contributed by atoms with Crippen LogP contribution in [0, 0.1) is 6.92 Å². The standard InChI is InChI=1S/C12H16O3.C5H10O.C4H8O/c1-9-3-5-11(6-4-9)7-12(14)8-15-10(2)13;1-5-3-2-4-6-5;1-3-4(2)5/h3-6,12,14H,7-8H2,1-2H3;5H,2-4H2,1H3;3H2,1-2H3. The predicted octanol–water partition coefficient (Wildman–Crippen LogP) is 3.63. The van der Waals surface area contributed by atoms with E-state index < -0.39 is 6.10 Å². The molecule has 0 spiro atoms. The van der Waals surface area contributed by atoms with E-state index in [9.17, 15) is 14.7 Å². The van der Waals surface area contributed by atoms with Crippen LogP contribution in [0.15, 0.2) is 24.3 Å². The van der Waals surface area contributed by atoms with Gasteiger partial charge < -0.3 is 19.4 Å². The van der Waals surface area contributed by atoms with E-state index in [-0.39, 0.29) is 18.4 Å². The quantitative estimate of drug-likeness (QED) is 0.806. The summed E-state index contributed by atoms with van der Waals surface area (Å²) >= 11 is 0. The molecule has 26 heavy (non-hydrogen) atoms. The van der Waals surface area contributed by atoms with Crippen molar-refractivity contribution in [1.82, 2.24) is 0 Å². The van der Waals surface area contributed by atoms with Crippen LogP contribution in [0.2, 0.25) is 0 Å². The van der Waals surface area contributed by atoms with E-state index in [1.54, 1.807) is 6.92 Å². The minimum absolute atomic E-state index is 0.0587. The number of benzene rings is 1. The fourth-order valence-electron chi connectivity index (χ4n) is 2.01. The van der Waals surface area contributed by atoms with Gasteiger partial charge in [-0.15, -0.1) is 0 Å². The van der Waals surface area contributed by atoms with Crippen molar-refractivity contribution in [3.8, 4) is 0 Å². The number of carbonyl (C=O) groups is 2. The highest BCUT2D eigenvalue weighted by Gasteiger charge is 2.07. The molecule has 2 rings (SSSR count). The first-order valence-electron chi connectivity index (χ1n) is 9.22. The van der Waals surface area contributed by atoms with Gasteiger partial charge in [0, 0.05) is 26.4 Å². The van der Waals surface area contributed by atoms with Crippen LogP contribution in [0.5, 0.6) is 0 Å². The molecule has 1 aromatic rings. The van der Waals surface area contributed by atoms with Crippen LogP contribution in [0.1, 0.15) is 58.1 Å². The lowest BCUT2D eigenvalue weighted by molar-refractivity contribution is -0.143. The molecule has 0 amide bonds. The molecule has 1 aromatic carbocycles. The minimum atomic E-state index is -0.628. The van der Waals surface area contributed by atoms with Gasteiger partial charge in [0.05, 0.1) is 12.2 Å². The monoisotopic (exact) mass is 366 g/mol. The molecular weight excluding hydrogens is 332 g/mol. The molecule has 2 atom stereocenters. The first-order chi connectivity index (χ1) is 12.2. The summed E-state index contributed by atoms with van der Waals surface area (Å²) in [5.41, 5.74) is 2.23. The molecule has 0 bridgehead atoms. The van der Waals surface area contributed by atoms with E-state index in [4.69, 9.17) is 9.47 Å². The molecule has 0 aliphatic carbocycles. The second-order valence-corrected chi connectivity index (χ2v) is 6.53. The summed E-state index contributed by atoms with van der Waals surface area (Å²) < 4.78 is 9.86. The third-order valence-electron chi connectivity index (χ3n) is 3.73. The number of aliphatic hydroxyl groups excluding tert-OH is 1. The first kappa shape index (κ1) is 24.3. The third-order valence-corrected chi connectivity index (χ3v) is 3.73. The third kappa shape index (κ3) is 14.6. The molecule has 1 saturated heterocycles. The zero-order valence-electron chi connectivity index (χ0n) is 16.8. The minimum Gasteiger partial charge on any atom is -0.463 e. The highest BCUT2D eigenvalue weighted by molar-refractivity contribution is 5.74. The van der Waals surface area contributed by atoms with E-state index in [0.717, 1.165) is 12.2 Å². The molecule has 1 aliphatic heterocycles. The lowest BCUT2D eigenvalue weighted by atomic mass is 10.1. The molecule has 0 saturated carbocycles. The number of ether oxygens (including phenoxy) is 2. The maximum absolute atomic E-state index is 10.5. The Bertz CT molecular complexity index is 504. The first-order valence-corrected chi connectivity index (χ1v) is 9.22. The fraction of sp³-hybridized carbons (Fsp3) is 0.619. The summed E-state index contributed by atoms with van der Waals surface area (Å²) in [5.74, 6) is -0.108. The van der Waals surface area contributed by atoms with Crippen LogP contribution in [0.4, 0.5) is 0 Å². The van der Waals surface area contributed by atoms with Gasteiger partial charge in [0.15, 0.2) is 0 Å². The van der Waals surface area contributed by atoms with E-state index in [1.807, 2.05) is 38.1 Å². The Morgan fingerprint density at radius 3 is 2.19 bits per heavy atom. The van der Waals surface area contributed by atoms with Crippen molar-refractivity contribution in [2.24, 2.45) is 0 Å². The van der Waals surface area contributed by atoms with E-state index in [1.165, 1.54) is 25.3 Å². The molecule has 0 radical (unpaired) electrons. The average Bonchev–Trinajstić information content (AvgIpc) is 3.07. The molecule has 2 unspecified atom stereocenters. The number of rotatable bonds is 5. The smallest absolute Gasteiger partial charge is 0.302 e. The predicted molar refractivity (Wildman–Crippen MR) is 103 cm³/mol. The number of aryl methyl sites for hydroxylation is 1. The van der Waals surface area contributed by atoms with Crippen molar-refractivity contribution in [3.05, 3.63) is 35.4 Å². The second kappa shape index (κ2) is 14.4. The Morgan fingerprint density at radius 2 is 1.85 bits per heavy atom. The Labute approximate surface area is 157 Å². The summed E-state index contributed by atoms with van der Waals surface area (Å²) in [4.78, 5) is 20.3. The van der Waals surface area contributed by atoms with Crippen molar-refractivity contribution in [3.63, 3.8) is 0 Å². The van der Waals surface area contributed by atoms with Gasteiger partial charge in [-0.05, 0) is 39.2 Å². The number of carbonyl (C=O) groups excluding carboxylic acids is 2. The molecule has 1 fully saturated rings. The van der Waals surface area contributed by atoms with Crippen LogP contribution >= 0.6 is 0 Å². The van der Waals surface area contributed by atoms with Gasteiger partial charge in [0.25, 0.3) is 0 Å². The van der Waals surface area contributed by atoms with Crippen molar-refractivity contribution in [2.75, 3.05) is 13.2 Å². The second-order valence-electron chi connectivity index (χ2n) is 6.53. The molecule has 1 heterocycles. The van der Waals surface area contributed by atoms with Crippen molar-refractivity contribution in [1.29, 1.82) is 0 Å². The Kier molecular flexibility index (Phi) is 13.5. The summed E-state index contributed by atoms with van der Waals surface area (Å²) in [7, 11) is 0. The SMILES string of the molecule is CC(=O)OCC(O)Cc1ccc(C)cc1.CC1CCCO1.CCC(C)=O. The normalized spacial score (nSPS) is 16.5. The number of ketones is 1. The molecular formula is C21H34O5. The maximum atomic E-state index is 10.5. The molecule has 148 valence electrons. The van der Waals surface area contributed by atoms with E-state index >= 15 is 0 Å². The summed E-state index contributed by atoms with van der Waals surface area (Å²) in [6.45, 7) is 9.94. The van der Waals surface area contributed by atoms with Crippen LogP contribution in [-0.2, 0) is 25.5 Å². The lowest BCUT2D eigenvalue weighted by Crippen LogP contribution is -2.19. The van der Waals surface area contributed by atoms with E-state index in [0.29, 0.717) is 18.9 Å².